The van der Waals surface area contributed by atoms with E-state index in [1.54, 1.807) is 18.4 Å². The predicted molar refractivity (Wildman–Crippen MR) is 69.7 cm³/mol. The Labute approximate surface area is 105 Å². The van der Waals surface area contributed by atoms with Crippen LogP contribution in [0.25, 0.3) is 0 Å². The lowest BCUT2D eigenvalue weighted by Gasteiger charge is -2.09. The van der Waals surface area contributed by atoms with Gasteiger partial charge in [-0.1, -0.05) is 12.1 Å². The van der Waals surface area contributed by atoms with Crippen molar-refractivity contribution >= 4 is 29.4 Å². The van der Waals surface area contributed by atoms with Crippen LogP contribution in [0.5, 0.6) is 5.75 Å². The van der Waals surface area contributed by atoms with Crippen molar-refractivity contribution in [3.63, 3.8) is 0 Å². The van der Waals surface area contributed by atoms with Gasteiger partial charge in [0.1, 0.15) is 5.75 Å². The SMILES string of the molecule is COc1ccccc1NCc1cscn1.Cl. The first-order chi connectivity index (χ1) is 7.40. The van der Waals surface area contributed by atoms with E-state index in [4.69, 9.17) is 4.74 Å². The quantitative estimate of drug-likeness (QED) is 0.912. The number of nitrogens with zero attached hydrogens (tertiary/aromatic N) is 1. The fourth-order valence-corrected chi connectivity index (χ4v) is 1.86. The number of methoxy groups -OCH3 is 1. The molecule has 0 aliphatic carbocycles. The van der Waals surface area contributed by atoms with Crippen molar-refractivity contribution in [2.75, 3.05) is 12.4 Å². The van der Waals surface area contributed by atoms with Crippen LogP contribution in [0.15, 0.2) is 35.2 Å². The number of halogens is 1. The Morgan fingerprint density at radius 1 is 1.38 bits per heavy atom. The van der Waals surface area contributed by atoms with Gasteiger partial charge in [0.05, 0.1) is 30.5 Å². The van der Waals surface area contributed by atoms with Gasteiger partial charge < -0.3 is 10.1 Å². The first-order valence-electron chi connectivity index (χ1n) is 4.64. The Morgan fingerprint density at radius 2 is 2.19 bits per heavy atom. The fourth-order valence-electron chi connectivity index (χ4n) is 1.30. The maximum Gasteiger partial charge on any atom is 0.141 e. The van der Waals surface area contributed by atoms with Gasteiger partial charge in [0.25, 0.3) is 0 Å². The lowest BCUT2D eigenvalue weighted by Crippen LogP contribution is -2.01. The molecule has 1 heterocycles. The second-order valence-electron chi connectivity index (χ2n) is 3.03. The van der Waals surface area contributed by atoms with E-state index in [9.17, 15) is 0 Å². The summed E-state index contributed by atoms with van der Waals surface area (Å²) in [5, 5.41) is 5.32. The molecule has 0 atom stereocenters. The van der Waals surface area contributed by atoms with Gasteiger partial charge in [-0.3, -0.25) is 0 Å². The number of benzene rings is 1. The summed E-state index contributed by atoms with van der Waals surface area (Å²) < 4.78 is 5.23. The molecule has 1 aromatic carbocycles. The van der Waals surface area contributed by atoms with Crippen molar-refractivity contribution in [1.29, 1.82) is 0 Å². The van der Waals surface area contributed by atoms with Crippen LogP contribution in [0.1, 0.15) is 5.69 Å². The number of ether oxygens (including phenoxy) is 1. The average molecular weight is 257 g/mol. The normalized spacial score (nSPS) is 9.31. The number of rotatable bonds is 4. The fraction of sp³-hybridized carbons (Fsp3) is 0.182. The van der Waals surface area contributed by atoms with Crippen LogP contribution < -0.4 is 10.1 Å². The molecule has 0 aliphatic rings. The van der Waals surface area contributed by atoms with Crippen LogP contribution in [0, 0.1) is 0 Å². The number of aromatic nitrogens is 1. The number of thiazole rings is 1. The smallest absolute Gasteiger partial charge is 0.141 e. The molecule has 86 valence electrons. The summed E-state index contributed by atoms with van der Waals surface area (Å²) >= 11 is 1.60. The third kappa shape index (κ3) is 3.12. The van der Waals surface area contributed by atoms with Crippen LogP contribution >= 0.6 is 23.7 Å². The monoisotopic (exact) mass is 256 g/mol. The standard InChI is InChI=1S/C11H12N2OS.ClH/c1-14-11-5-3-2-4-10(11)12-6-9-7-15-8-13-9;/h2-5,7-8,12H,6H2,1H3;1H. The molecule has 0 saturated heterocycles. The van der Waals surface area contributed by atoms with Crippen LogP contribution in [0.3, 0.4) is 0 Å². The van der Waals surface area contributed by atoms with Gasteiger partial charge in [0, 0.05) is 5.38 Å². The summed E-state index contributed by atoms with van der Waals surface area (Å²) in [6.07, 6.45) is 0. The van der Waals surface area contributed by atoms with Crippen LogP contribution in [-0.4, -0.2) is 12.1 Å². The molecular formula is C11H13ClN2OS. The van der Waals surface area contributed by atoms with Crippen molar-refractivity contribution in [1.82, 2.24) is 4.98 Å². The van der Waals surface area contributed by atoms with Crippen LogP contribution in [0.4, 0.5) is 5.69 Å². The highest BCUT2D eigenvalue weighted by Gasteiger charge is 2.01. The highest BCUT2D eigenvalue weighted by atomic mass is 35.5. The summed E-state index contributed by atoms with van der Waals surface area (Å²) in [6, 6.07) is 7.85. The topological polar surface area (TPSA) is 34.1 Å². The van der Waals surface area contributed by atoms with Crippen molar-refractivity contribution in [2.45, 2.75) is 6.54 Å². The van der Waals surface area contributed by atoms with Gasteiger partial charge in [0.2, 0.25) is 0 Å². The molecule has 16 heavy (non-hydrogen) atoms. The van der Waals surface area contributed by atoms with Gasteiger partial charge in [-0.15, -0.1) is 23.7 Å². The minimum absolute atomic E-state index is 0. The van der Waals surface area contributed by atoms with Gasteiger partial charge >= 0.3 is 0 Å². The highest BCUT2D eigenvalue weighted by molar-refractivity contribution is 7.07. The van der Waals surface area contributed by atoms with E-state index < -0.39 is 0 Å². The Morgan fingerprint density at radius 3 is 2.88 bits per heavy atom. The van der Waals surface area contributed by atoms with E-state index in [1.165, 1.54) is 0 Å². The lowest BCUT2D eigenvalue weighted by atomic mass is 10.3. The van der Waals surface area contributed by atoms with E-state index in [0.717, 1.165) is 23.7 Å². The first kappa shape index (κ1) is 12.8. The number of anilines is 1. The van der Waals surface area contributed by atoms with Crippen molar-refractivity contribution in [3.05, 3.63) is 40.8 Å². The molecule has 3 nitrogen and oxygen atoms in total. The summed E-state index contributed by atoms with van der Waals surface area (Å²) in [5.74, 6) is 0.854. The van der Waals surface area contributed by atoms with Gasteiger partial charge in [-0.05, 0) is 12.1 Å². The summed E-state index contributed by atoms with van der Waals surface area (Å²) in [7, 11) is 1.67. The minimum Gasteiger partial charge on any atom is -0.495 e. The van der Waals surface area contributed by atoms with E-state index in [1.807, 2.05) is 35.2 Å². The third-order valence-electron chi connectivity index (χ3n) is 2.05. The largest absolute Gasteiger partial charge is 0.495 e. The molecule has 0 bridgehead atoms. The van der Waals surface area contributed by atoms with E-state index in [2.05, 4.69) is 10.3 Å². The molecule has 0 radical (unpaired) electrons. The number of hydrogen-bond donors (Lipinski definition) is 1. The Kier molecular flexibility index (Phi) is 5.08. The molecule has 1 N–H and O–H groups in total. The Balaban J connectivity index is 0.00000128. The Hall–Kier alpha value is -1.26. The molecule has 0 unspecified atom stereocenters. The molecular weight excluding hydrogens is 244 g/mol. The molecule has 0 aliphatic heterocycles. The first-order valence-corrected chi connectivity index (χ1v) is 5.58. The van der Waals surface area contributed by atoms with Crippen LogP contribution in [0.2, 0.25) is 0 Å². The number of hydrogen-bond acceptors (Lipinski definition) is 4. The predicted octanol–water partition coefficient (Wildman–Crippen LogP) is 3.19. The number of nitrogens with one attached hydrogen (secondary N) is 1. The van der Waals surface area contributed by atoms with Gasteiger partial charge in [-0.2, -0.15) is 0 Å². The maximum absolute atomic E-state index is 5.23. The summed E-state index contributed by atoms with van der Waals surface area (Å²) in [5.41, 5.74) is 3.87. The highest BCUT2D eigenvalue weighted by Crippen LogP contribution is 2.23. The molecule has 5 heteroatoms. The summed E-state index contributed by atoms with van der Waals surface area (Å²) in [6.45, 7) is 0.726. The maximum atomic E-state index is 5.23. The zero-order chi connectivity index (χ0) is 10.5. The van der Waals surface area contributed by atoms with Gasteiger partial charge in [0.15, 0.2) is 0 Å². The number of para-hydroxylation sites is 2. The van der Waals surface area contributed by atoms with Crippen LogP contribution in [-0.2, 0) is 6.54 Å². The summed E-state index contributed by atoms with van der Waals surface area (Å²) in [4.78, 5) is 4.20. The van der Waals surface area contributed by atoms with Crippen molar-refractivity contribution < 1.29 is 4.74 Å². The Bertz CT molecular complexity index is 420. The molecule has 2 aromatic rings. The third-order valence-corrected chi connectivity index (χ3v) is 2.69. The van der Waals surface area contributed by atoms with Crippen molar-refractivity contribution in [2.24, 2.45) is 0 Å². The molecule has 2 rings (SSSR count). The van der Waals surface area contributed by atoms with E-state index >= 15 is 0 Å². The molecule has 1 aromatic heterocycles. The van der Waals surface area contributed by atoms with E-state index in [-0.39, 0.29) is 12.4 Å². The molecule has 0 spiro atoms. The second kappa shape index (κ2) is 6.35. The van der Waals surface area contributed by atoms with Crippen molar-refractivity contribution in [3.8, 4) is 5.75 Å². The molecule has 0 amide bonds. The average Bonchev–Trinajstić information content (AvgIpc) is 2.79. The molecule has 0 fully saturated rings. The lowest BCUT2D eigenvalue weighted by molar-refractivity contribution is 0.416. The van der Waals surface area contributed by atoms with Gasteiger partial charge in [-0.25, -0.2) is 4.98 Å². The second-order valence-corrected chi connectivity index (χ2v) is 3.75. The minimum atomic E-state index is 0. The molecule has 0 saturated carbocycles. The zero-order valence-electron chi connectivity index (χ0n) is 8.84. The van der Waals surface area contributed by atoms with E-state index in [0.29, 0.717) is 0 Å². The zero-order valence-corrected chi connectivity index (χ0v) is 10.5.